The molecule has 0 unspecified atom stereocenters. The van der Waals surface area contributed by atoms with E-state index in [0.29, 0.717) is 17.0 Å². The average molecular weight is 196 g/mol. The summed E-state index contributed by atoms with van der Waals surface area (Å²) in [4.78, 5) is 14.6. The number of aromatic nitrogens is 1. The Bertz CT molecular complexity index is 352. The Kier molecular flexibility index (Phi) is 2.92. The van der Waals surface area contributed by atoms with Crippen LogP contribution in [0, 0.1) is 0 Å². The zero-order valence-electron chi connectivity index (χ0n) is 6.73. The van der Waals surface area contributed by atoms with E-state index in [4.69, 9.17) is 10.8 Å². The Hall–Kier alpha value is -1.49. The van der Waals surface area contributed by atoms with Crippen molar-refractivity contribution in [3.63, 3.8) is 0 Å². The molecule has 0 aliphatic carbocycles. The molecular weight excluding hydrogens is 188 g/mol. The SMILES string of the molecule is NC(=S)Cc1cncc(C(=O)O)c1. The monoisotopic (exact) mass is 196 g/mol. The third-order valence-corrected chi connectivity index (χ3v) is 1.56. The highest BCUT2D eigenvalue weighted by Gasteiger charge is 2.04. The fourth-order valence-corrected chi connectivity index (χ4v) is 1.07. The van der Waals surface area contributed by atoms with E-state index in [1.165, 1.54) is 12.3 Å². The van der Waals surface area contributed by atoms with Gasteiger partial charge in [0, 0.05) is 18.8 Å². The Morgan fingerprint density at radius 1 is 1.62 bits per heavy atom. The second kappa shape index (κ2) is 3.95. The summed E-state index contributed by atoms with van der Waals surface area (Å²) in [5.41, 5.74) is 6.17. The molecule has 1 aromatic rings. The molecule has 1 heterocycles. The Labute approximate surface area is 80.4 Å². The summed E-state index contributed by atoms with van der Waals surface area (Å²) < 4.78 is 0. The lowest BCUT2D eigenvalue weighted by Gasteiger charge is -1.99. The minimum absolute atomic E-state index is 0.147. The second-order valence-electron chi connectivity index (χ2n) is 2.53. The van der Waals surface area contributed by atoms with Crippen LogP contribution >= 0.6 is 12.2 Å². The van der Waals surface area contributed by atoms with E-state index in [-0.39, 0.29) is 5.56 Å². The number of aromatic carboxylic acids is 1. The van der Waals surface area contributed by atoms with Crippen molar-refractivity contribution in [2.45, 2.75) is 6.42 Å². The van der Waals surface area contributed by atoms with E-state index in [1.54, 1.807) is 6.20 Å². The zero-order valence-corrected chi connectivity index (χ0v) is 7.54. The first-order valence-corrected chi connectivity index (χ1v) is 3.96. The highest BCUT2D eigenvalue weighted by Crippen LogP contribution is 2.03. The van der Waals surface area contributed by atoms with Crippen molar-refractivity contribution < 1.29 is 9.90 Å². The first-order chi connectivity index (χ1) is 6.09. The number of nitrogens with two attached hydrogens (primary N) is 1. The first kappa shape index (κ1) is 9.60. The maximum absolute atomic E-state index is 10.5. The number of hydrogen-bond acceptors (Lipinski definition) is 3. The van der Waals surface area contributed by atoms with Crippen LogP contribution in [0.3, 0.4) is 0 Å². The molecule has 68 valence electrons. The lowest BCUT2D eigenvalue weighted by molar-refractivity contribution is 0.0696. The zero-order chi connectivity index (χ0) is 9.84. The molecule has 0 atom stereocenters. The van der Waals surface area contributed by atoms with Gasteiger partial charge in [0.25, 0.3) is 0 Å². The quantitative estimate of drug-likeness (QED) is 0.692. The van der Waals surface area contributed by atoms with Crippen molar-refractivity contribution in [3.05, 3.63) is 29.6 Å². The molecule has 0 amide bonds. The summed E-state index contributed by atoms with van der Waals surface area (Å²) in [5, 5.41) is 8.64. The Morgan fingerprint density at radius 2 is 2.31 bits per heavy atom. The van der Waals surface area contributed by atoms with Gasteiger partial charge in [-0.25, -0.2) is 4.79 Å². The van der Waals surface area contributed by atoms with Crippen LogP contribution in [0.5, 0.6) is 0 Å². The van der Waals surface area contributed by atoms with E-state index in [2.05, 4.69) is 17.2 Å². The normalized spacial score (nSPS) is 9.54. The minimum Gasteiger partial charge on any atom is -0.478 e. The lowest BCUT2D eigenvalue weighted by Crippen LogP contribution is -2.11. The van der Waals surface area contributed by atoms with Crippen molar-refractivity contribution in [3.8, 4) is 0 Å². The molecular formula is C8H8N2O2S. The molecule has 4 nitrogen and oxygen atoms in total. The van der Waals surface area contributed by atoms with E-state index < -0.39 is 5.97 Å². The van der Waals surface area contributed by atoms with Crippen LogP contribution in [0.15, 0.2) is 18.5 Å². The van der Waals surface area contributed by atoms with Gasteiger partial charge in [-0.05, 0) is 11.6 Å². The van der Waals surface area contributed by atoms with Gasteiger partial charge in [-0.2, -0.15) is 0 Å². The summed E-state index contributed by atoms with van der Waals surface area (Å²) in [5.74, 6) is -1.00. The number of hydrogen-bond donors (Lipinski definition) is 2. The van der Waals surface area contributed by atoms with E-state index >= 15 is 0 Å². The van der Waals surface area contributed by atoms with Gasteiger partial charge in [0.15, 0.2) is 0 Å². The maximum Gasteiger partial charge on any atom is 0.337 e. The number of carboxylic acid groups (broad SMARTS) is 1. The second-order valence-corrected chi connectivity index (χ2v) is 3.05. The molecule has 0 aliphatic heterocycles. The van der Waals surface area contributed by atoms with Crippen LogP contribution in [0.1, 0.15) is 15.9 Å². The van der Waals surface area contributed by atoms with Gasteiger partial charge in [-0.3, -0.25) is 4.98 Å². The summed E-state index contributed by atoms with van der Waals surface area (Å²) in [6.07, 6.45) is 3.21. The fraction of sp³-hybridized carbons (Fsp3) is 0.125. The molecule has 5 heteroatoms. The van der Waals surface area contributed by atoms with Crippen molar-refractivity contribution in [2.24, 2.45) is 5.73 Å². The number of pyridine rings is 1. The number of carboxylic acids is 1. The average Bonchev–Trinajstić information content (AvgIpc) is 2.03. The Morgan fingerprint density at radius 3 is 2.85 bits per heavy atom. The lowest BCUT2D eigenvalue weighted by atomic mass is 10.1. The molecule has 0 aliphatic rings. The third kappa shape index (κ3) is 2.79. The predicted octanol–water partition coefficient (Wildman–Crippen LogP) is 0.608. The Balaban J connectivity index is 2.91. The summed E-state index contributed by atoms with van der Waals surface area (Å²) >= 11 is 4.69. The highest BCUT2D eigenvalue weighted by molar-refractivity contribution is 7.80. The number of rotatable bonds is 3. The first-order valence-electron chi connectivity index (χ1n) is 3.55. The highest BCUT2D eigenvalue weighted by atomic mass is 32.1. The molecule has 0 bridgehead atoms. The smallest absolute Gasteiger partial charge is 0.337 e. The van der Waals surface area contributed by atoms with E-state index in [9.17, 15) is 4.79 Å². The molecule has 0 aromatic carbocycles. The van der Waals surface area contributed by atoms with Gasteiger partial charge < -0.3 is 10.8 Å². The largest absolute Gasteiger partial charge is 0.478 e. The van der Waals surface area contributed by atoms with Gasteiger partial charge >= 0.3 is 5.97 Å². The molecule has 0 spiro atoms. The maximum atomic E-state index is 10.5. The molecule has 3 N–H and O–H groups in total. The summed E-state index contributed by atoms with van der Waals surface area (Å²) in [7, 11) is 0. The van der Waals surface area contributed by atoms with Crippen molar-refractivity contribution >= 4 is 23.2 Å². The van der Waals surface area contributed by atoms with Crippen LogP contribution < -0.4 is 5.73 Å². The summed E-state index contributed by atoms with van der Waals surface area (Å²) in [6, 6.07) is 1.51. The molecule has 0 saturated carbocycles. The standard InChI is InChI=1S/C8H8N2O2S/c9-7(13)2-5-1-6(8(11)12)4-10-3-5/h1,3-4H,2H2,(H2,9,13)(H,11,12). The van der Waals surface area contributed by atoms with Gasteiger partial charge in [0.2, 0.25) is 0 Å². The van der Waals surface area contributed by atoms with Crippen LogP contribution in [-0.2, 0) is 6.42 Å². The molecule has 0 fully saturated rings. The number of thiocarbonyl (C=S) groups is 1. The van der Waals surface area contributed by atoms with Crippen molar-refractivity contribution in [1.82, 2.24) is 4.98 Å². The van der Waals surface area contributed by atoms with Gasteiger partial charge in [0.1, 0.15) is 0 Å². The number of nitrogens with zero attached hydrogens (tertiary/aromatic N) is 1. The van der Waals surface area contributed by atoms with E-state index in [0.717, 1.165) is 0 Å². The van der Waals surface area contributed by atoms with Crippen LogP contribution in [0.25, 0.3) is 0 Å². The molecule has 13 heavy (non-hydrogen) atoms. The molecule has 0 saturated heterocycles. The molecule has 0 radical (unpaired) electrons. The van der Waals surface area contributed by atoms with Gasteiger partial charge in [0.05, 0.1) is 10.6 Å². The van der Waals surface area contributed by atoms with Gasteiger partial charge in [-0.1, -0.05) is 12.2 Å². The molecule has 1 aromatic heterocycles. The minimum atomic E-state index is -1.00. The summed E-state index contributed by atoms with van der Waals surface area (Å²) in [6.45, 7) is 0. The van der Waals surface area contributed by atoms with Crippen LogP contribution in [-0.4, -0.2) is 21.0 Å². The fourth-order valence-electron chi connectivity index (χ4n) is 0.902. The van der Waals surface area contributed by atoms with Gasteiger partial charge in [-0.15, -0.1) is 0 Å². The number of carbonyl (C=O) groups is 1. The van der Waals surface area contributed by atoms with Crippen LogP contribution in [0.4, 0.5) is 0 Å². The predicted molar refractivity (Wildman–Crippen MR) is 51.7 cm³/mol. The van der Waals surface area contributed by atoms with E-state index in [1.807, 2.05) is 0 Å². The third-order valence-electron chi connectivity index (χ3n) is 1.42. The van der Waals surface area contributed by atoms with Crippen molar-refractivity contribution in [1.29, 1.82) is 0 Å². The van der Waals surface area contributed by atoms with Crippen molar-refractivity contribution in [2.75, 3.05) is 0 Å². The molecule has 1 rings (SSSR count). The van der Waals surface area contributed by atoms with Crippen LogP contribution in [0.2, 0.25) is 0 Å². The topological polar surface area (TPSA) is 76.2 Å².